The van der Waals surface area contributed by atoms with Crippen molar-refractivity contribution < 1.29 is 13.9 Å². The molecule has 156 valence electrons. The number of rotatable bonds is 8. The first-order chi connectivity index (χ1) is 14.2. The van der Waals surface area contributed by atoms with Gasteiger partial charge in [0.05, 0.1) is 20.3 Å². The van der Waals surface area contributed by atoms with Crippen molar-refractivity contribution in [3.8, 4) is 5.75 Å². The first-order valence-corrected chi connectivity index (χ1v) is 10.3. The third kappa shape index (κ3) is 4.37. The van der Waals surface area contributed by atoms with Gasteiger partial charge < -0.3 is 18.8 Å². The molecule has 1 aromatic carbocycles. The summed E-state index contributed by atoms with van der Waals surface area (Å²) in [5.74, 6) is 3.23. The summed E-state index contributed by atoms with van der Waals surface area (Å²) in [4.78, 5) is 11.7. The van der Waals surface area contributed by atoms with E-state index in [1.165, 1.54) is 6.42 Å². The molecule has 1 atom stereocenters. The molecule has 3 aromatic rings. The van der Waals surface area contributed by atoms with Gasteiger partial charge in [-0.3, -0.25) is 0 Å². The summed E-state index contributed by atoms with van der Waals surface area (Å²) in [6.45, 7) is 5.33. The van der Waals surface area contributed by atoms with Crippen molar-refractivity contribution in [3.63, 3.8) is 0 Å². The number of aromatic nitrogens is 4. The molecule has 4 rings (SSSR count). The van der Waals surface area contributed by atoms with Gasteiger partial charge in [-0.15, -0.1) is 0 Å². The van der Waals surface area contributed by atoms with Crippen LogP contribution in [-0.2, 0) is 24.1 Å². The Morgan fingerprint density at radius 2 is 2.14 bits per heavy atom. The lowest BCUT2D eigenvalue weighted by molar-refractivity contribution is 0.181. The van der Waals surface area contributed by atoms with Crippen molar-refractivity contribution in [3.05, 3.63) is 29.8 Å². The fraction of sp³-hybridized carbons (Fsp3) is 0.571. The first-order valence-electron chi connectivity index (χ1n) is 10.3. The number of hydrogen-bond acceptors (Lipinski definition) is 7. The van der Waals surface area contributed by atoms with Crippen molar-refractivity contribution in [2.45, 2.75) is 39.2 Å². The molecule has 0 bridgehead atoms. The summed E-state index contributed by atoms with van der Waals surface area (Å²) in [6, 6.07) is 6.41. The van der Waals surface area contributed by atoms with E-state index in [9.17, 15) is 0 Å². The van der Waals surface area contributed by atoms with Crippen molar-refractivity contribution in [1.82, 2.24) is 19.7 Å². The largest absolute Gasteiger partial charge is 0.497 e. The van der Waals surface area contributed by atoms with Gasteiger partial charge in [0, 0.05) is 39.1 Å². The van der Waals surface area contributed by atoms with Gasteiger partial charge in [0.25, 0.3) is 6.01 Å². The highest BCUT2D eigenvalue weighted by Gasteiger charge is 2.25. The molecule has 1 fully saturated rings. The standard InChI is InChI=1S/C21H29N5O3/c1-4-19-23-20(26(24-19)10-11-27-2)12-15-6-5-9-25(14-15)21-22-17-13-16(28-3)7-8-18(17)29-21/h7-8,13,15H,4-6,9-12,14H2,1-3H3. The predicted octanol–water partition coefficient (Wildman–Crippen LogP) is 3.10. The summed E-state index contributed by atoms with van der Waals surface area (Å²) in [5, 5.41) is 4.62. The fourth-order valence-electron chi connectivity index (χ4n) is 3.90. The van der Waals surface area contributed by atoms with Gasteiger partial charge in [-0.05, 0) is 30.9 Å². The normalized spacial score (nSPS) is 17.2. The SMILES string of the molecule is CCc1nc(CC2CCCN(c3nc4cc(OC)ccc4o3)C2)n(CCOC)n1. The van der Waals surface area contributed by atoms with E-state index in [-0.39, 0.29) is 0 Å². The topological polar surface area (TPSA) is 78.4 Å². The lowest BCUT2D eigenvalue weighted by Crippen LogP contribution is -2.36. The third-order valence-electron chi connectivity index (χ3n) is 5.46. The molecule has 0 N–H and O–H groups in total. The monoisotopic (exact) mass is 399 g/mol. The maximum Gasteiger partial charge on any atom is 0.298 e. The molecular formula is C21H29N5O3. The average molecular weight is 399 g/mol. The molecular weight excluding hydrogens is 370 g/mol. The molecule has 29 heavy (non-hydrogen) atoms. The molecule has 8 heteroatoms. The van der Waals surface area contributed by atoms with Crippen LogP contribution in [0.25, 0.3) is 11.1 Å². The van der Waals surface area contributed by atoms with E-state index in [1.807, 2.05) is 22.9 Å². The number of methoxy groups -OCH3 is 2. The zero-order valence-corrected chi connectivity index (χ0v) is 17.4. The molecule has 3 heterocycles. The molecule has 0 spiro atoms. The van der Waals surface area contributed by atoms with Gasteiger partial charge >= 0.3 is 0 Å². The second-order valence-corrected chi connectivity index (χ2v) is 7.50. The molecule has 1 unspecified atom stereocenters. The zero-order chi connectivity index (χ0) is 20.2. The van der Waals surface area contributed by atoms with Crippen LogP contribution >= 0.6 is 0 Å². The molecule has 1 aliphatic rings. The summed E-state index contributed by atoms with van der Waals surface area (Å²) in [6.07, 6.45) is 4.03. The minimum Gasteiger partial charge on any atom is -0.497 e. The van der Waals surface area contributed by atoms with Gasteiger partial charge in [0.1, 0.15) is 17.1 Å². The lowest BCUT2D eigenvalue weighted by Gasteiger charge is -2.31. The maximum atomic E-state index is 6.01. The Morgan fingerprint density at radius 1 is 1.24 bits per heavy atom. The van der Waals surface area contributed by atoms with Crippen LogP contribution in [0.1, 0.15) is 31.4 Å². The van der Waals surface area contributed by atoms with E-state index in [2.05, 4.69) is 16.9 Å². The van der Waals surface area contributed by atoms with E-state index in [0.717, 1.165) is 67.4 Å². The van der Waals surface area contributed by atoms with Crippen molar-refractivity contribution in [2.24, 2.45) is 5.92 Å². The average Bonchev–Trinajstić information content (AvgIpc) is 3.35. The highest BCUT2D eigenvalue weighted by Crippen LogP contribution is 2.29. The second kappa shape index (κ2) is 8.82. The van der Waals surface area contributed by atoms with Crippen molar-refractivity contribution >= 4 is 17.1 Å². The van der Waals surface area contributed by atoms with Crippen LogP contribution < -0.4 is 9.64 Å². The molecule has 0 amide bonds. The minimum atomic E-state index is 0.489. The number of piperidine rings is 1. The van der Waals surface area contributed by atoms with Crippen LogP contribution in [0.4, 0.5) is 6.01 Å². The number of fused-ring (bicyclic) bond motifs is 1. The quantitative estimate of drug-likeness (QED) is 0.576. The number of aryl methyl sites for hydroxylation is 1. The van der Waals surface area contributed by atoms with E-state index in [4.69, 9.17) is 23.9 Å². The number of oxazole rings is 1. The number of nitrogens with zero attached hydrogens (tertiary/aromatic N) is 5. The van der Waals surface area contributed by atoms with Gasteiger partial charge in [0.15, 0.2) is 11.4 Å². The Morgan fingerprint density at radius 3 is 2.93 bits per heavy atom. The van der Waals surface area contributed by atoms with E-state index in [1.54, 1.807) is 14.2 Å². The number of ether oxygens (including phenoxy) is 2. The second-order valence-electron chi connectivity index (χ2n) is 7.50. The van der Waals surface area contributed by atoms with Gasteiger partial charge in [-0.1, -0.05) is 6.92 Å². The molecule has 0 saturated carbocycles. The predicted molar refractivity (Wildman–Crippen MR) is 110 cm³/mol. The number of hydrogen-bond donors (Lipinski definition) is 0. The van der Waals surface area contributed by atoms with Gasteiger partial charge in [-0.25, -0.2) is 9.67 Å². The number of benzene rings is 1. The Hall–Kier alpha value is -2.61. The molecule has 1 saturated heterocycles. The van der Waals surface area contributed by atoms with Crippen LogP contribution in [-0.4, -0.2) is 53.7 Å². The zero-order valence-electron chi connectivity index (χ0n) is 17.4. The maximum absolute atomic E-state index is 6.01. The molecule has 8 nitrogen and oxygen atoms in total. The summed E-state index contributed by atoms with van der Waals surface area (Å²) >= 11 is 0. The number of anilines is 1. The minimum absolute atomic E-state index is 0.489. The smallest absolute Gasteiger partial charge is 0.298 e. The van der Waals surface area contributed by atoms with Crippen LogP contribution in [0.3, 0.4) is 0 Å². The van der Waals surface area contributed by atoms with Crippen LogP contribution in [0.5, 0.6) is 5.75 Å². The lowest BCUT2D eigenvalue weighted by atomic mass is 9.94. The fourth-order valence-corrected chi connectivity index (χ4v) is 3.90. The van der Waals surface area contributed by atoms with Gasteiger partial charge in [-0.2, -0.15) is 10.1 Å². The molecule has 0 radical (unpaired) electrons. The Kier molecular flexibility index (Phi) is 5.99. The Labute approximate surface area is 170 Å². The molecule has 0 aliphatic carbocycles. The van der Waals surface area contributed by atoms with Gasteiger partial charge in [0.2, 0.25) is 0 Å². The highest BCUT2D eigenvalue weighted by atomic mass is 16.5. The third-order valence-corrected chi connectivity index (χ3v) is 5.46. The van der Waals surface area contributed by atoms with Crippen molar-refractivity contribution in [1.29, 1.82) is 0 Å². The Balaban J connectivity index is 1.48. The summed E-state index contributed by atoms with van der Waals surface area (Å²) in [7, 11) is 3.37. The van der Waals surface area contributed by atoms with Crippen molar-refractivity contribution in [2.75, 3.05) is 38.8 Å². The summed E-state index contributed by atoms with van der Waals surface area (Å²) in [5.41, 5.74) is 1.61. The van der Waals surface area contributed by atoms with Crippen LogP contribution in [0.2, 0.25) is 0 Å². The van der Waals surface area contributed by atoms with Crippen LogP contribution in [0, 0.1) is 5.92 Å². The molecule has 2 aromatic heterocycles. The van der Waals surface area contributed by atoms with E-state index in [0.29, 0.717) is 18.5 Å². The van der Waals surface area contributed by atoms with Crippen LogP contribution in [0.15, 0.2) is 22.6 Å². The molecule has 1 aliphatic heterocycles. The van der Waals surface area contributed by atoms with E-state index >= 15 is 0 Å². The summed E-state index contributed by atoms with van der Waals surface area (Å²) < 4.78 is 18.5. The van der Waals surface area contributed by atoms with E-state index < -0.39 is 0 Å². The Bertz CT molecular complexity index is 951. The highest BCUT2D eigenvalue weighted by molar-refractivity contribution is 5.76. The first kappa shape index (κ1) is 19.7.